The van der Waals surface area contributed by atoms with Gasteiger partial charge < -0.3 is 0 Å². The van der Waals surface area contributed by atoms with Crippen LogP contribution in [-0.4, -0.2) is 9.97 Å². The molecule has 5 aromatic rings. The van der Waals surface area contributed by atoms with Gasteiger partial charge in [-0.2, -0.15) is 56.3 Å². The third kappa shape index (κ3) is 5.30. The standard InChI is InChI=1S/C28H9F11N6/c1-10-3-11(5-13(4-10)26(31,32)33)20-24(42-9-40)16-18(29)23-17(19(30)22(16)43-20)25(45-41-2)21(44-23)12-6-14(27(34,35)36)8-15(7-12)28(37,38)39/h3-8H,1H3/b42-24?,45-25+. The van der Waals surface area contributed by atoms with Gasteiger partial charge in [0.15, 0.2) is 17.0 Å². The lowest BCUT2D eigenvalue weighted by Gasteiger charge is -2.13. The van der Waals surface area contributed by atoms with Crippen molar-refractivity contribution in [2.24, 2.45) is 10.1 Å². The predicted octanol–water partition coefficient (Wildman–Crippen LogP) is 7.75. The minimum absolute atomic E-state index is 0.0539. The molecule has 0 bridgehead atoms. The summed E-state index contributed by atoms with van der Waals surface area (Å²) >= 11 is 0. The van der Waals surface area contributed by atoms with Crippen molar-refractivity contribution in [3.8, 4) is 28.7 Å². The van der Waals surface area contributed by atoms with Gasteiger partial charge >= 0.3 is 18.5 Å². The van der Waals surface area contributed by atoms with Gasteiger partial charge in [0.1, 0.15) is 22.1 Å². The van der Waals surface area contributed by atoms with E-state index in [4.69, 9.17) is 6.57 Å². The zero-order valence-corrected chi connectivity index (χ0v) is 21.8. The van der Waals surface area contributed by atoms with Crippen LogP contribution in [0.3, 0.4) is 0 Å². The second-order valence-corrected chi connectivity index (χ2v) is 9.49. The van der Waals surface area contributed by atoms with Crippen LogP contribution in [0.15, 0.2) is 46.5 Å². The lowest BCUT2D eigenvalue weighted by atomic mass is 10.0. The molecule has 6 nitrogen and oxygen atoms in total. The van der Waals surface area contributed by atoms with Crippen LogP contribution in [0.25, 0.3) is 49.3 Å². The highest BCUT2D eigenvalue weighted by molar-refractivity contribution is 6.00. The minimum atomic E-state index is -5.30. The van der Waals surface area contributed by atoms with Crippen molar-refractivity contribution < 1.29 is 48.3 Å². The maximum Gasteiger partial charge on any atom is 0.416 e. The average Bonchev–Trinajstić information content (AvgIpc) is 3.50. The summed E-state index contributed by atoms with van der Waals surface area (Å²) in [5.41, 5.74) is -9.39. The molecule has 0 unspecified atom stereocenters. The molecule has 228 valence electrons. The van der Waals surface area contributed by atoms with E-state index in [0.717, 1.165) is 6.07 Å². The van der Waals surface area contributed by atoms with Crippen LogP contribution in [0.4, 0.5) is 48.3 Å². The lowest BCUT2D eigenvalue weighted by Crippen LogP contribution is -2.12. The van der Waals surface area contributed by atoms with Crippen molar-refractivity contribution in [3.63, 3.8) is 0 Å². The quantitative estimate of drug-likeness (QED) is 0.0859. The van der Waals surface area contributed by atoms with Crippen LogP contribution in [0, 0.1) is 36.6 Å². The van der Waals surface area contributed by atoms with E-state index in [1.54, 1.807) is 0 Å². The van der Waals surface area contributed by atoms with E-state index in [-0.39, 0.29) is 29.3 Å². The highest BCUT2D eigenvalue weighted by Crippen LogP contribution is 2.39. The Morgan fingerprint density at radius 3 is 1.56 bits per heavy atom. The average molecular weight is 638 g/mol. The van der Waals surface area contributed by atoms with Crippen LogP contribution < -0.4 is 10.7 Å². The van der Waals surface area contributed by atoms with Gasteiger partial charge in [0.05, 0.1) is 38.3 Å². The second kappa shape index (κ2) is 10.3. The first kappa shape index (κ1) is 31.0. The summed E-state index contributed by atoms with van der Waals surface area (Å²) in [7, 11) is 0. The second-order valence-electron chi connectivity index (χ2n) is 9.49. The molecule has 0 amide bonds. The first-order valence-electron chi connectivity index (χ1n) is 12.0. The van der Waals surface area contributed by atoms with Gasteiger partial charge in [-0.3, -0.25) is 0 Å². The Morgan fingerprint density at radius 2 is 1.11 bits per heavy atom. The van der Waals surface area contributed by atoms with E-state index < -0.39 is 96.3 Å². The summed E-state index contributed by atoms with van der Waals surface area (Å²) < 4.78 is 154. The summed E-state index contributed by atoms with van der Waals surface area (Å²) in [5.74, 6) is -3.07. The molecule has 0 N–H and O–H groups in total. The molecule has 0 aliphatic heterocycles. The molecule has 0 radical (unpaired) electrons. The predicted molar refractivity (Wildman–Crippen MR) is 133 cm³/mol. The fourth-order valence-electron chi connectivity index (χ4n) is 4.76. The third-order valence-electron chi connectivity index (χ3n) is 6.55. The lowest BCUT2D eigenvalue weighted by molar-refractivity contribution is -0.143. The zero-order chi connectivity index (χ0) is 33.2. The number of aromatic nitrogens is 2. The largest absolute Gasteiger partial charge is 0.416 e. The third-order valence-corrected chi connectivity index (χ3v) is 6.55. The van der Waals surface area contributed by atoms with E-state index in [9.17, 15) is 44.8 Å². The Labute approximate surface area is 242 Å². The van der Waals surface area contributed by atoms with Crippen molar-refractivity contribution in [3.05, 3.63) is 92.5 Å². The van der Waals surface area contributed by atoms with Crippen molar-refractivity contribution in [1.29, 1.82) is 5.26 Å². The van der Waals surface area contributed by atoms with Gasteiger partial charge in [-0.15, -0.1) is 4.95 Å². The maximum absolute atomic E-state index is 16.1. The molecule has 2 aromatic heterocycles. The molecule has 0 fully saturated rings. The van der Waals surface area contributed by atoms with Crippen LogP contribution in [0.1, 0.15) is 22.3 Å². The SMILES string of the molecule is [C-]#[N+]/N=c1/c(-c2cc(C(F)(F)F)cc(C(F)(F)F)c2)nc2c(F)c3c(=NC#N)c(-c4cc(C)cc(C(F)(F)F)c4)nc3c(F)c12. The number of nitriles is 1. The van der Waals surface area contributed by atoms with Gasteiger partial charge in [0.2, 0.25) is 6.19 Å². The van der Waals surface area contributed by atoms with Crippen LogP contribution in [0.2, 0.25) is 0 Å². The molecule has 0 atom stereocenters. The van der Waals surface area contributed by atoms with E-state index >= 15 is 8.78 Å². The van der Waals surface area contributed by atoms with E-state index in [1.807, 2.05) is 0 Å². The number of fused-ring (bicyclic) bond motifs is 2. The van der Waals surface area contributed by atoms with Crippen LogP contribution in [0.5, 0.6) is 0 Å². The highest BCUT2D eigenvalue weighted by atomic mass is 19.4. The Bertz CT molecular complexity index is 2210. The first-order chi connectivity index (χ1) is 20.9. The number of benzene rings is 3. The number of halogens is 11. The van der Waals surface area contributed by atoms with E-state index in [0.29, 0.717) is 6.07 Å². The summed E-state index contributed by atoms with van der Waals surface area (Å²) in [5, 5.41) is 9.01. The molecule has 5 rings (SSSR count). The molecular weight excluding hydrogens is 629 g/mol. The number of hydrogen-bond donors (Lipinski definition) is 0. The molecule has 45 heavy (non-hydrogen) atoms. The summed E-state index contributed by atoms with van der Waals surface area (Å²) in [6.45, 7) is 8.37. The summed E-state index contributed by atoms with van der Waals surface area (Å²) in [6.07, 6.45) is -14.1. The van der Waals surface area contributed by atoms with Gasteiger partial charge in [-0.25, -0.2) is 18.7 Å². The summed E-state index contributed by atoms with van der Waals surface area (Å²) in [4.78, 5) is 13.7. The fourth-order valence-corrected chi connectivity index (χ4v) is 4.76. The van der Waals surface area contributed by atoms with Crippen LogP contribution in [-0.2, 0) is 18.5 Å². The molecule has 3 aromatic carbocycles. The van der Waals surface area contributed by atoms with E-state index in [2.05, 4.69) is 25.0 Å². The van der Waals surface area contributed by atoms with Crippen molar-refractivity contribution in [2.45, 2.75) is 25.5 Å². The Kier molecular flexibility index (Phi) is 7.11. The Morgan fingerprint density at radius 1 is 0.689 bits per heavy atom. The smallest absolute Gasteiger partial charge is 0.242 e. The number of aryl methyl sites for hydroxylation is 1. The van der Waals surface area contributed by atoms with Gasteiger partial charge in [0, 0.05) is 11.1 Å². The van der Waals surface area contributed by atoms with Crippen molar-refractivity contribution in [2.75, 3.05) is 0 Å². The van der Waals surface area contributed by atoms with Crippen LogP contribution >= 0.6 is 0 Å². The highest BCUT2D eigenvalue weighted by Gasteiger charge is 2.38. The normalized spacial score (nSPS) is 13.6. The molecule has 0 saturated carbocycles. The van der Waals surface area contributed by atoms with Gasteiger partial charge in [0.25, 0.3) is 0 Å². The monoisotopic (exact) mass is 638 g/mol. The van der Waals surface area contributed by atoms with Crippen molar-refractivity contribution >= 4 is 21.8 Å². The van der Waals surface area contributed by atoms with E-state index in [1.165, 1.54) is 19.2 Å². The molecule has 2 heterocycles. The minimum Gasteiger partial charge on any atom is -0.242 e. The molecule has 0 saturated heterocycles. The Balaban J connectivity index is 1.92. The van der Waals surface area contributed by atoms with Crippen molar-refractivity contribution in [1.82, 2.24) is 9.97 Å². The van der Waals surface area contributed by atoms with Gasteiger partial charge in [-0.05, 0) is 48.9 Å². The molecular formula is C28H9F11N6. The maximum atomic E-state index is 16.1. The zero-order valence-electron chi connectivity index (χ0n) is 21.8. The molecule has 0 aliphatic rings. The van der Waals surface area contributed by atoms with Gasteiger partial charge in [-0.1, -0.05) is 0 Å². The topological polar surface area (TPSA) is 78.6 Å². The molecule has 0 aliphatic carbocycles. The first-order valence-corrected chi connectivity index (χ1v) is 12.0. The summed E-state index contributed by atoms with van der Waals surface area (Å²) in [6, 6.07) is 2.80. The molecule has 17 heteroatoms. The molecule has 0 spiro atoms. The number of hydrogen-bond acceptors (Lipinski definition) is 5. The fraction of sp³-hybridized carbons (Fsp3) is 0.143. The number of alkyl halides is 9. The Hall–Kier alpha value is -5.45. The number of rotatable bonds is 2. The number of nitrogens with zero attached hydrogens (tertiary/aromatic N) is 6.